The molecule has 0 aliphatic carbocycles. The Morgan fingerprint density at radius 2 is 1.80 bits per heavy atom. The number of piperazine rings is 1. The Kier molecular flexibility index (Phi) is 9.51. The van der Waals surface area contributed by atoms with Gasteiger partial charge in [-0.3, -0.25) is 19.3 Å². The minimum Gasteiger partial charge on any atom is -0.375 e. The molecule has 0 spiro atoms. The lowest BCUT2D eigenvalue weighted by Gasteiger charge is -2.38. The van der Waals surface area contributed by atoms with Crippen molar-refractivity contribution in [3.8, 4) is 0 Å². The van der Waals surface area contributed by atoms with Gasteiger partial charge in [-0.15, -0.1) is 11.3 Å². The Morgan fingerprint density at radius 1 is 1.05 bits per heavy atom. The molecule has 1 N–H and O–H groups in total. The number of thiophene rings is 1. The molecule has 1 aromatic carbocycles. The highest BCUT2D eigenvalue weighted by Gasteiger charge is 2.37. The molecule has 11 nitrogen and oxygen atoms in total. The summed E-state index contributed by atoms with van der Waals surface area (Å²) in [5, 5.41) is 1.25. The number of amides is 3. The molecule has 3 aliphatic heterocycles. The number of rotatable bonds is 9. The summed E-state index contributed by atoms with van der Waals surface area (Å²) in [6, 6.07) is 5.90. The summed E-state index contributed by atoms with van der Waals surface area (Å²) < 4.78 is 34.7. The van der Waals surface area contributed by atoms with Crippen molar-refractivity contribution in [2.75, 3.05) is 66.1 Å². The summed E-state index contributed by atoms with van der Waals surface area (Å²) in [5.74, 6) is -0.491. The molecule has 3 fully saturated rings. The molecule has 3 saturated heterocycles. The third kappa shape index (κ3) is 7.03. The van der Waals surface area contributed by atoms with Gasteiger partial charge in [-0.2, -0.15) is 4.72 Å². The summed E-state index contributed by atoms with van der Waals surface area (Å²) in [7, 11) is -2.41. The fourth-order valence-corrected chi connectivity index (χ4v) is 8.67. The highest BCUT2D eigenvalue weighted by atomic mass is 35.5. The van der Waals surface area contributed by atoms with Crippen molar-refractivity contribution in [1.29, 1.82) is 0 Å². The molecule has 41 heavy (non-hydrogen) atoms. The molecule has 4 heterocycles. The molecule has 0 saturated carbocycles. The van der Waals surface area contributed by atoms with E-state index in [-0.39, 0.29) is 41.1 Å². The summed E-state index contributed by atoms with van der Waals surface area (Å²) in [6.07, 6.45) is 2.78. The molecular formula is C27H36ClN5O6S2. The number of fused-ring (bicyclic) bond motifs is 1. The standard InChI is InChI=1S/C27H36ClN5O6S2/c1-39-18-25(35)31-12-10-30(11-13-31)16-21-4-2-9-33(21)24(34)17-32-8-3-5-22(27(32)36)29-41(37,38)26-15-19-14-20(28)6-7-23(19)40-26/h6-7,14-15,21-22,29H,2-5,8-13,16-18H2,1H3/t21-,22-/m0/s1. The number of hydrogen-bond donors (Lipinski definition) is 1. The van der Waals surface area contributed by atoms with Crippen LogP contribution in [0.5, 0.6) is 0 Å². The van der Waals surface area contributed by atoms with E-state index in [1.165, 1.54) is 12.0 Å². The van der Waals surface area contributed by atoms with E-state index in [4.69, 9.17) is 16.3 Å². The fourth-order valence-electron chi connectivity index (χ4n) is 5.87. The smallest absolute Gasteiger partial charge is 0.250 e. The minimum atomic E-state index is -3.93. The monoisotopic (exact) mass is 625 g/mol. The number of nitrogens with one attached hydrogen (secondary N) is 1. The first kappa shape index (κ1) is 30.2. The van der Waals surface area contributed by atoms with E-state index in [0.29, 0.717) is 44.0 Å². The van der Waals surface area contributed by atoms with Crippen molar-refractivity contribution in [3.63, 3.8) is 0 Å². The van der Waals surface area contributed by atoms with Gasteiger partial charge >= 0.3 is 0 Å². The maximum absolute atomic E-state index is 13.4. The van der Waals surface area contributed by atoms with Gasteiger partial charge in [-0.05, 0) is 55.3 Å². The van der Waals surface area contributed by atoms with Crippen molar-refractivity contribution in [2.24, 2.45) is 0 Å². The van der Waals surface area contributed by atoms with Crippen LogP contribution in [0.1, 0.15) is 25.7 Å². The van der Waals surface area contributed by atoms with E-state index < -0.39 is 16.1 Å². The normalized spacial score (nSPS) is 22.6. The molecule has 0 unspecified atom stereocenters. The largest absolute Gasteiger partial charge is 0.375 e. The van der Waals surface area contributed by atoms with Crippen LogP contribution in [-0.2, 0) is 29.1 Å². The van der Waals surface area contributed by atoms with Crippen LogP contribution >= 0.6 is 22.9 Å². The van der Waals surface area contributed by atoms with E-state index in [1.54, 1.807) is 29.2 Å². The van der Waals surface area contributed by atoms with E-state index in [9.17, 15) is 22.8 Å². The molecular weight excluding hydrogens is 590 g/mol. The zero-order valence-corrected chi connectivity index (χ0v) is 25.5. The number of halogens is 1. The number of likely N-dealkylation sites (tertiary alicyclic amines) is 2. The lowest BCUT2D eigenvalue weighted by Crippen LogP contribution is -2.56. The van der Waals surface area contributed by atoms with Crippen molar-refractivity contribution in [3.05, 3.63) is 29.3 Å². The van der Waals surface area contributed by atoms with Gasteiger partial charge in [0.25, 0.3) is 10.0 Å². The Labute approximate surface area is 249 Å². The third-order valence-corrected chi connectivity index (χ3v) is 11.3. The second kappa shape index (κ2) is 12.9. The van der Waals surface area contributed by atoms with E-state index in [2.05, 4.69) is 9.62 Å². The van der Waals surface area contributed by atoms with Crippen molar-refractivity contribution < 1.29 is 27.5 Å². The Bertz CT molecular complexity index is 1390. The average molecular weight is 626 g/mol. The molecule has 224 valence electrons. The number of benzene rings is 1. The van der Waals surface area contributed by atoms with E-state index >= 15 is 0 Å². The summed E-state index contributed by atoms with van der Waals surface area (Å²) in [4.78, 5) is 46.2. The van der Waals surface area contributed by atoms with Crippen LogP contribution in [-0.4, -0.2) is 124 Å². The van der Waals surface area contributed by atoms with Crippen LogP contribution in [0.4, 0.5) is 0 Å². The average Bonchev–Trinajstić information content (AvgIpc) is 3.59. The lowest BCUT2D eigenvalue weighted by atomic mass is 10.1. The summed E-state index contributed by atoms with van der Waals surface area (Å²) in [5.41, 5.74) is 0. The molecule has 3 aliphatic rings. The molecule has 0 bridgehead atoms. The number of carbonyl (C=O) groups excluding carboxylic acids is 3. The van der Waals surface area contributed by atoms with Crippen molar-refractivity contribution in [1.82, 2.24) is 24.3 Å². The SMILES string of the molecule is COCC(=O)N1CCN(C[C@@H]2CCCN2C(=O)CN2CCC[C@H](NS(=O)(=O)c3cc4cc(Cl)ccc4s3)C2=O)CC1. The van der Waals surface area contributed by atoms with Crippen molar-refractivity contribution >= 4 is 60.8 Å². The number of methoxy groups -OCH3 is 1. The molecule has 1 aromatic heterocycles. The van der Waals surface area contributed by atoms with Crippen LogP contribution in [0.15, 0.2) is 28.5 Å². The zero-order chi connectivity index (χ0) is 29.1. The molecule has 5 rings (SSSR count). The van der Waals surface area contributed by atoms with Gasteiger partial charge in [0.05, 0.1) is 6.54 Å². The number of hydrogen-bond acceptors (Lipinski definition) is 8. The predicted molar refractivity (Wildman–Crippen MR) is 156 cm³/mol. The van der Waals surface area contributed by atoms with Gasteiger partial charge in [0.15, 0.2) is 0 Å². The highest BCUT2D eigenvalue weighted by Crippen LogP contribution is 2.31. The number of sulfonamides is 1. The first-order chi connectivity index (χ1) is 19.6. The number of piperidine rings is 1. The Balaban J connectivity index is 1.16. The van der Waals surface area contributed by atoms with E-state index in [1.807, 2.05) is 4.90 Å². The van der Waals surface area contributed by atoms with Crippen LogP contribution in [0, 0.1) is 0 Å². The lowest BCUT2D eigenvalue weighted by molar-refractivity contribution is -0.143. The molecule has 3 amide bonds. The number of ether oxygens (including phenoxy) is 1. The van der Waals surface area contributed by atoms with Crippen LogP contribution in [0.3, 0.4) is 0 Å². The van der Waals surface area contributed by atoms with Gasteiger partial charge in [0, 0.05) is 68.7 Å². The Hall–Kier alpha value is -2.29. The quantitative estimate of drug-likeness (QED) is 0.450. The number of carbonyl (C=O) groups is 3. The predicted octanol–water partition coefficient (Wildman–Crippen LogP) is 1.61. The van der Waals surface area contributed by atoms with Gasteiger partial charge in [0.2, 0.25) is 17.7 Å². The molecule has 0 radical (unpaired) electrons. The molecule has 2 aromatic rings. The van der Waals surface area contributed by atoms with Gasteiger partial charge in [-0.1, -0.05) is 11.6 Å². The van der Waals surface area contributed by atoms with Crippen LogP contribution in [0.25, 0.3) is 10.1 Å². The minimum absolute atomic E-state index is 0.00894. The number of nitrogens with zero attached hydrogens (tertiary/aromatic N) is 4. The maximum atomic E-state index is 13.4. The fraction of sp³-hybridized carbons (Fsp3) is 0.593. The van der Waals surface area contributed by atoms with Crippen molar-refractivity contribution in [2.45, 2.75) is 42.0 Å². The first-order valence-electron chi connectivity index (χ1n) is 13.9. The third-order valence-electron chi connectivity index (χ3n) is 8.03. The summed E-state index contributed by atoms with van der Waals surface area (Å²) in [6.45, 7) is 4.58. The molecule has 2 atom stereocenters. The zero-order valence-electron chi connectivity index (χ0n) is 23.1. The highest BCUT2D eigenvalue weighted by molar-refractivity contribution is 7.91. The first-order valence-corrected chi connectivity index (χ1v) is 16.6. The van der Waals surface area contributed by atoms with Crippen LogP contribution < -0.4 is 4.72 Å². The van der Waals surface area contributed by atoms with Gasteiger partial charge in [-0.25, -0.2) is 8.42 Å². The maximum Gasteiger partial charge on any atom is 0.250 e. The molecule has 14 heteroatoms. The Morgan fingerprint density at radius 3 is 2.56 bits per heavy atom. The van der Waals surface area contributed by atoms with Gasteiger partial charge in [0.1, 0.15) is 16.9 Å². The van der Waals surface area contributed by atoms with Gasteiger partial charge < -0.3 is 19.4 Å². The van der Waals surface area contributed by atoms with Crippen LogP contribution in [0.2, 0.25) is 5.02 Å². The summed E-state index contributed by atoms with van der Waals surface area (Å²) >= 11 is 7.17. The second-order valence-electron chi connectivity index (χ2n) is 10.8. The van der Waals surface area contributed by atoms with E-state index in [0.717, 1.165) is 53.9 Å². The second-order valence-corrected chi connectivity index (χ2v) is 14.3. The topological polar surface area (TPSA) is 120 Å².